The van der Waals surface area contributed by atoms with Crippen molar-refractivity contribution in [3.63, 3.8) is 0 Å². The van der Waals surface area contributed by atoms with Crippen molar-refractivity contribution in [3.05, 3.63) is 117 Å². The van der Waals surface area contributed by atoms with Crippen LogP contribution >= 0.6 is 0 Å². The fourth-order valence-electron chi connectivity index (χ4n) is 3.46. The number of nitrogens with one attached hydrogen (secondary N) is 2. The molecule has 1 aromatic heterocycles. The summed E-state index contributed by atoms with van der Waals surface area (Å²) in [5.41, 5.74) is 1.43. The molecule has 0 saturated carbocycles. The maximum absolute atomic E-state index is 14.3. The number of hydrogen-bond acceptors (Lipinski definition) is 4. The molecule has 1 heterocycles. The predicted molar refractivity (Wildman–Crippen MR) is 128 cm³/mol. The summed E-state index contributed by atoms with van der Waals surface area (Å²) in [5, 5.41) is 9.49. The quantitative estimate of drug-likeness (QED) is 0.463. The van der Waals surface area contributed by atoms with Gasteiger partial charge in [-0.2, -0.15) is 5.10 Å². The van der Waals surface area contributed by atoms with E-state index in [1.54, 1.807) is 43.3 Å². The predicted octanol–water partition coefficient (Wildman–Crippen LogP) is 4.49. The largest absolute Gasteiger partial charge is 0.322 e. The molecule has 7 nitrogen and oxygen atoms in total. The minimum atomic E-state index is -0.814. The molecule has 3 aromatic carbocycles. The lowest BCUT2D eigenvalue weighted by Gasteiger charge is -2.13. The van der Waals surface area contributed by atoms with E-state index in [0.29, 0.717) is 11.4 Å². The molecular formula is C26H21FN4O3. The van der Waals surface area contributed by atoms with Gasteiger partial charge in [0, 0.05) is 17.4 Å². The molecular weight excluding hydrogens is 435 g/mol. The zero-order valence-electron chi connectivity index (χ0n) is 18.5. The summed E-state index contributed by atoms with van der Waals surface area (Å²) in [5.74, 6) is -1.79. The van der Waals surface area contributed by atoms with Gasteiger partial charge < -0.3 is 10.6 Å². The lowest BCUT2D eigenvalue weighted by molar-refractivity contribution is 0.101. The smallest absolute Gasteiger partial charge is 0.280 e. The third kappa shape index (κ3) is 4.75. The first kappa shape index (κ1) is 22.6. The van der Waals surface area contributed by atoms with Gasteiger partial charge in [0.15, 0.2) is 5.69 Å². The van der Waals surface area contributed by atoms with Crippen LogP contribution in [0.3, 0.4) is 0 Å². The highest BCUT2D eigenvalue weighted by Gasteiger charge is 2.19. The van der Waals surface area contributed by atoms with Gasteiger partial charge in [0.25, 0.3) is 11.8 Å². The molecule has 2 N–H and O–H groups in total. The van der Waals surface area contributed by atoms with Crippen molar-refractivity contribution in [3.8, 4) is 5.69 Å². The molecule has 0 fully saturated rings. The van der Waals surface area contributed by atoms with Crippen LogP contribution in [0.2, 0.25) is 0 Å². The summed E-state index contributed by atoms with van der Waals surface area (Å²) >= 11 is 0. The molecule has 0 unspecified atom stereocenters. The Balaban J connectivity index is 1.64. The molecule has 170 valence electrons. The zero-order chi connectivity index (χ0) is 24.2. The number of benzene rings is 3. The van der Waals surface area contributed by atoms with Gasteiger partial charge in [-0.05, 0) is 55.8 Å². The molecule has 0 atom stereocenters. The van der Waals surface area contributed by atoms with E-state index in [1.165, 1.54) is 28.9 Å². The Morgan fingerprint density at radius 1 is 0.853 bits per heavy atom. The third-order valence-corrected chi connectivity index (χ3v) is 5.10. The van der Waals surface area contributed by atoms with Gasteiger partial charge in [0.2, 0.25) is 5.43 Å². The van der Waals surface area contributed by atoms with E-state index in [0.717, 1.165) is 5.56 Å². The van der Waals surface area contributed by atoms with Gasteiger partial charge in [-0.25, -0.2) is 9.07 Å². The van der Waals surface area contributed by atoms with Crippen LogP contribution in [0.1, 0.15) is 32.1 Å². The molecule has 4 rings (SSSR count). The van der Waals surface area contributed by atoms with Crippen LogP contribution in [-0.2, 0) is 0 Å². The van der Waals surface area contributed by atoms with Gasteiger partial charge >= 0.3 is 0 Å². The molecule has 34 heavy (non-hydrogen) atoms. The Labute approximate surface area is 194 Å². The van der Waals surface area contributed by atoms with Crippen molar-refractivity contribution in [2.75, 3.05) is 10.6 Å². The lowest BCUT2D eigenvalue weighted by Crippen LogP contribution is -2.28. The van der Waals surface area contributed by atoms with Gasteiger partial charge in [-0.1, -0.05) is 36.4 Å². The highest BCUT2D eigenvalue weighted by Crippen LogP contribution is 2.19. The van der Waals surface area contributed by atoms with E-state index in [-0.39, 0.29) is 16.9 Å². The number of carbonyl (C=O) groups excluding carboxylic acids is 2. The van der Waals surface area contributed by atoms with Crippen LogP contribution in [0.4, 0.5) is 15.8 Å². The second-order valence-electron chi connectivity index (χ2n) is 7.69. The average molecular weight is 456 g/mol. The summed E-state index contributed by atoms with van der Waals surface area (Å²) in [6.07, 6.45) is 0. The normalized spacial score (nSPS) is 10.6. The van der Waals surface area contributed by atoms with Gasteiger partial charge in [0.1, 0.15) is 11.5 Å². The fourth-order valence-corrected chi connectivity index (χ4v) is 3.46. The van der Waals surface area contributed by atoms with E-state index in [2.05, 4.69) is 15.7 Å². The Morgan fingerprint density at radius 3 is 2.35 bits per heavy atom. The van der Waals surface area contributed by atoms with Crippen molar-refractivity contribution in [2.45, 2.75) is 13.8 Å². The molecule has 2 amide bonds. The van der Waals surface area contributed by atoms with E-state index in [1.807, 2.05) is 25.1 Å². The standard InChI is InChI=1S/C26H21FN4O3/c1-16-8-7-9-18(14-16)28-25(33)19-10-3-5-12-21(19)29-26(34)24-23(32)15-17(2)31(30-24)22-13-6-4-11-20(22)27/h3-15H,1-2H3,(H,28,33)(H,29,34). The Hall–Kier alpha value is -4.59. The van der Waals surface area contributed by atoms with Crippen LogP contribution in [0.25, 0.3) is 5.69 Å². The highest BCUT2D eigenvalue weighted by molar-refractivity contribution is 6.12. The molecule has 0 bridgehead atoms. The maximum atomic E-state index is 14.3. The first-order valence-corrected chi connectivity index (χ1v) is 10.5. The first-order valence-electron chi connectivity index (χ1n) is 10.5. The zero-order valence-corrected chi connectivity index (χ0v) is 18.5. The minimum absolute atomic E-state index is 0.104. The number of para-hydroxylation sites is 2. The summed E-state index contributed by atoms with van der Waals surface area (Å²) < 4.78 is 15.5. The number of carbonyl (C=O) groups is 2. The Morgan fingerprint density at radius 2 is 1.59 bits per heavy atom. The van der Waals surface area contributed by atoms with E-state index < -0.39 is 28.8 Å². The van der Waals surface area contributed by atoms with Gasteiger partial charge in [-0.3, -0.25) is 14.4 Å². The summed E-state index contributed by atoms with van der Waals surface area (Å²) in [6.45, 7) is 3.50. The van der Waals surface area contributed by atoms with Crippen molar-refractivity contribution < 1.29 is 14.0 Å². The van der Waals surface area contributed by atoms with Crippen LogP contribution in [0, 0.1) is 19.7 Å². The van der Waals surface area contributed by atoms with E-state index in [4.69, 9.17) is 0 Å². The number of rotatable bonds is 5. The third-order valence-electron chi connectivity index (χ3n) is 5.10. The summed E-state index contributed by atoms with van der Waals surface area (Å²) in [7, 11) is 0. The second-order valence-corrected chi connectivity index (χ2v) is 7.69. The van der Waals surface area contributed by atoms with Gasteiger partial charge in [0.05, 0.1) is 11.3 Å². The molecule has 0 aliphatic carbocycles. The molecule has 0 saturated heterocycles. The molecule has 0 aliphatic rings. The van der Waals surface area contributed by atoms with Crippen molar-refractivity contribution in [1.29, 1.82) is 0 Å². The molecule has 0 radical (unpaired) electrons. The maximum Gasteiger partial charge on any atom is 0.280 e. The summed E-state index contributed by atoms with van der Waals surface area (Å²) in [4.78, 5) is 38.4. The molecule has 0 aliphatic heterocycles. The number of anilines is 2. The fraction of sp³-hybridized carbons (Fsp3) is 0.0769. The number of amides is 2. The minimum Gasteiger partial charge on any atom is -0.322 e. The number of aromatic nitrogens is 2. The van der Waals surface area contributed by atoms with Gasteiger partial charge in [-0.15, -0.1) is 0 Å². The van der Waals surface area contributed by atoms with Crippen molar-refractivity contribution in [1.82, 2.24) is 9.78 Å². The number of nitrogens with zero attached hydrogens (tertiary/aromatic N) is 2. The Bertz CT molecular complexity index is 1460. The van der Waals surface area contributed by atoms with E-state index >= 15 is 0 Å². The van der Waals surface area contributed by atoms with E-state index in [9.17, 15) is 18.8 Å². The monoisotopic (exact) mass is 456 g/mol. The van der Waals surface area contributed by atoms with Crippen molar-refractivity contribution in [2.24, 2.45) is 0 Å². The Kier molecular flexibility index (Phi) is 6.31. The first-order chi connectivity index (χ1) is 16.3. The topological polar surface area (TPSA) is 93.1 Å². The lowest BCUT2D eigenvalue weighted by atomic mass is 10.1. The number of halogens is 1. The van der Waals surface area contributed by atoms with Crippen LogP contribution in [0.15, 0.2) is 83.7 Å². The van der Waals surface area contributed by atoms with Crippen molar-refractivity contribution >= 4 is 23.2 Å². The number of aryl methyl sites for hydroxylation is 2. The summed E-state index contributed by atoms with van der Waals surface area (Å²) in [6, 6.07) is 20.9. The second kappa shape index (κ2) is 9.50. The molecule has 4 aromatic rings. The highest BCUT2D eigenvalue weighted by atomic mass is 19.1. The van der Waals surface area contributed by atoms with Crippen LogP contribution < -0.4 is 16.1 Å². The molecule has 0 spiro atoms. The van der Waals surface area contributed by atoms with Crippen LogP contribution in [-0.4, -0.2) is 21.6 Å². The SMILES string of the molecule is Cc1cccc(NC(=O)c2ccccc2NC(=O)c2nn(-c3ccccc3F)c(C)cc2=O)c1. The number of hydrogen-bond donors (Lipinski definition) is 2. The molecule has 8 heteroatoms. The van der Waals surface area contributed by atoms with Crippen LogP contribution in [0.5, 0.6) is 0 Å². The average Bonchev–Trinajstić information content (AvgIpc) is 2.80.